The van der Waals surface area contributed by atoms with Gasteiger partial charge in [-0.2, -0.15) is 4.31 Å². The highest BCUT2D eigenvalue weighted by Gasteiger charge is 2.30. The zero-order chi connectivity index (χ0) is 12.5. The Labute approximate surface area is 107 Å². The fourth-order valence-corrected chi connectivity index (χ4v) is 3.87. The van der Waals surface area contributed by atoms with E-state index in [0.717, 1.165) is 0 Å². The first-order valence-electron chi connectivity index (χ1n) is 5.50. The van der Waals surface area contributed by atoms with Crippen molar-refractivity contribution in [2.24, 2.45) is 0 Å². The Morgan fingerprint density at radius 1 is 1.47 bits per heavy atom. The van der Waals surface area contributed by atoms with Crippen molar-refractivity contribution in [1.29, 1.82) is 0 Å². The highest BCUT2D eigenvalue weighted by Crippen LogP contribution is 2.21. The largest absolute Gasteiger partial charge is 0.314 e. The van der Waals surface area contributed by atoms with Gasteiger partial charge in [0, 0.05) is 30.7 Å². The van der Waals surface area contributed by atoms with Gasteiger partial charge in [-0.25, -0.2) is 8.42 Å². The minimum absolute atomic E-state index is 0.0345. The lowest BCUT2D eigenvalue weighted by Gasteiger charge is -2.32. The molecule has 0 aliphatic carbocycles. The van der Waals surface area contributed by atoms with Crippen LogP contribution >= 0.6 is 11.6 Å². The second-order valence-electron chi connectivity index (χ2n) is 4.13. The van der Waals surface area contributed by atoms with E-state index in [1.807, 2.05) is 6.92 Å². The maximum atomic E-state index is 12.4. The number of piperazine rings is 1. The number of nitrogens with zero attached hydrogens (tertiary/aromatic N) is 1. The molecule has 1 aliphatic rings. The summed E-state index contributed by atoms with van der Waals surface area (Å²) in [5.41, 5.74) is 0. The Kier molecular flexibility index (Phi) is 3.73. The lowest BCUT2D eigenvalue weighted by atomic mass is 10.3. The van der Waals surface area contributed by atoms with E-state index in [2.05, 4.69) is 5.32 Å². The fraction of sp³-hybridized carbons (Fsp3) is 0.455. The second-order valence-corrected chi connectivity index (χ2v) is 6.45. The molecule has 0 bridgehead atoms. The summed E-state index contributed by atoms with van der Waals surface area (Å²) in [6.07, 6.45) is 0. The molecule has 0 amide bonds. The molecule has 0 aromatic heterocycles. The first-order valence-corrected chi connectivity index (χ1v) is 7.32. The fourth-order valence-electron chi connectivity index (χ4n) is 1.94. The maximum Gasteiger partial charge on any atom is 0.243 e. The van der Waals surface area contributed by atoms with Crippen LogP contribution in [0.5, 0.6) is 0 Å². The van der Waals surface area contributed by atoms with Gasteiger partial charge in [0.1, 0.15) is 0 Å². The molecule has 1 saturated heterocycles. The summed E-state index contributed by atoms with van der Waals surface area (Å²) in [6, 6.07) is 6.36. The van der Waals surface area contributed by atoms with Crippen molar-refractivity contribution >= 4 is 21.6 Å². The molecule has 1 N–H and O–H groups in total. The maximum absolute atomic E-state index is 12.4. The van der Waals surface area contributed by atoms with Gasteiger partial charge in [0.25, 0.3) is 0 Å². The van der Waals surface area contributed by atoms with Crippen LogP contribution in [0.25, 0.3) is 0 Å². The number of rotatable bonds is 2. The smallest absolute Gasteiger partial charge is 0.243 e. The third-order valence-corrected chi connectivity index (χ3v) is 5.09. The van der Waals surface area contributed by atoms with Crippen molar-refractivity contribution in [3.63, 3.8) is 0 Å². The van der Waals surface area contributed by atoms with Crippen LogP contribution in [0.3, 0.4) is 0 Å². The van der Waals surface area contributed by atoms with E-state index in [9.17, 15) is 8.42 Å². The average molecular weight is 275 g/mol. The van der Waals surface area contributed by atoms with E-state index >= 15 is 0 Å². The molecule has 4 nitrogen and oxygen atoms in total. The van der Waals surface area contributed by atoms with Crippen LogP contribution in [0.15, 0.2) is 29.2 Å². The van der Waals surface area contributed by atoms with E-state index in [0.29, 0.717) is 24.7 Å². The summed E-state index contributed by atoms with van der Waals surface area (Å²) in [7, 11) is -3.42. The normalized spacial score (nSPS) is 22.6. The molecule has 6 heteroatoms. The monoisotopic (exact) mass is 274 g/mol. The molecule has 1 aromatic rings. The number of hydrogen-bond donors (Lipinski definition) is 1. The minimum atomic E-state index is -3.42. The molecule has 0 unspecified atom stereocenters. The third-order valence-electron chi connectivity index (χ3n) is 2.84. The third kappa shape index (κ3) is 2.63. The minimum Gasteiger partial charge on any atom is -0.314 e. The molecule has 1 heterocycles. The Balaban J connectivity index is 2.35. The summed E-state index contributed by atoms with van der Waals surface area (Å²) >= 11 is 5.83. The van der Waals surface area contributed by atoms with Crippen molar-refractivity contribution in [1.82, 2.24) is 9.62 Å². The van der Waals surface area contributed by atoms with Gasteiger partial charge in [-0.05, 0) is 25.1 Å². The van der Waals surface area contributed by atoms with Gasteiger partial charge >= 0.3 is 0 Å². The van der Waals surface area contributed by atoms with Crippen molar-refractivity contribution in [3.05, 3.63) is 29.3 Å². The van der Waals surface area contributed by atoms with E-state index in [1.54, 1.807) is 18.2 Å². The van der Waals surface area contributed by atoms with Crippen LogP contribution in [-0.4, -0.2) is 38.4 Å². The summed E-state index contributed by atoms with van der Waals surface area (Å²) < 4.78 is 26.3. The molecule has 1 atom stereocenters. The number of halogens is 1. The van der Waals surface area contributed by atoms with Gasteiger partial charge in [-0.3, -0.25) is 0 Å². The molecule has 17 heavy (non-hydrogen) atoms. The van der Waals surface area contributed by atoms with Crippen LogP contribution < -0.4 is 5.32 Å². The van der Waals surface area contributed by atoms with E-state index < -0.39 is 10.0 Å². The second kappa shape index (κ2) is 4.94. The van der Waals surface area contributed by atoms with Crippen molar-refractivity contribution in [3.8, 4) is 0 Å². The number of nitrogens with one attached hydrogen (secondary N) is 1. The lowest BCUT2D eigenvalue weighted by Crippen LogP contribution is -2.52. The van der Waals surface area contributed by atoms with Crippen molar-refractivity contribution in [2.45, 2.75) is 17.9 Å². The quantitative estimate of drug-likeness (QED) is 0.885. The first kappa shape index (κ1) is 12.8. The van der Waals surface area contributed by atoms with E-state index in [-0.39, 0.29) is 10.9 Å². The lowest BCUT2D eigenvalue weighted by molar-refractivity contribution is 0.284. The Morgan fingerprint density at radius 3 is 2.88 bits per heavy atom. The molecule has 2 rings (SSSR count). The zero-order valence-corrected chi connectivity index (χ0v) is 11.1. The Bertz CT molecular complexity index is 504. The summed E-state index contributed by atoms with van der Waals surface area (Å²) in [6.45, 7) is 3.76. The Morgan fingerprint density at radius 2 is 2.24 bits per heavy atom. The molecule has 1 aromatic carbocycles. The topological polar surface area (TPSA) is 49.4 Å². The number of sulfonamides is 1. The van der Waals surface area contributed by atoms with E-state index in [4.69, 9.17) is 11.6 Å². The number of hydrogen-bond acceptors (Lipinski definition) is 3. The van der Waals surface area contributed by atoms with Crippen LogP contribution in [0.1, 0.15) is 6.92 Å². The molecular formula is C11H15ClN2O2S. The van der Waals surface area contributed by atoms with Gasteiger partial charge < -0.3 is 5.32 Å². The number of benzene rings is 1. The van der Waals surface area contributed by atoms with E-state index in [1.165, 1.54) is 10.4 Å². The van der Waals surface area contributed by atoms with Crippen molar-refractivity contribution < 1.29 is 8.42 Å². The predicted octanol–water partition coefficient (Wildman–Crippen LogP) is 1.32. The summed E-state index contributed by atoms with van der Waals surface area (Å²) in [5, 5.41) is 3.61. The van der Waals surface area contributed by atoms with Crippen LogP contribution in [0.2, 0.25) is 5.02 Å². The molecule has 0 saturated carbocycles. The molecule has 1 aliphatic heterocycles. The Hall–Kier alpha value is -0.620. The molecule has 0 spiro atoms. The molecule has 94 valence electrons. The SMILES string of the molecule is C[C@@H]1CNCCN1S(=O)(=O)c1cccc(Cl)c1. The average Bonchev–Trinajstić information content (AvgIpc) is 2.29. The molecule has 1 fully saturated rings. The highest BCUT2D eigenvalue weighted by atomic mass is 35.5. The van der Waals surface area contributed by atoms with Crippen LogP contribution in [0.4, 0.5) is 0 Å². The van der Waals surface area contributed by atoms with Gasteiger partial charge in [-0.1, -0.05) is 17.7 Å². The van der Waals surface area contributed by atoms with Gasteiger partial charge in [0.15, 0.2) is 0 Å². The molecule has 0 radical (unpaired) electrons. The van der Waals surface area contributed by atoms with Gasteiger partial charge in [0.05, 0.1) is 4.90 Å². The predicted molar refractivity (Wildman–Crippen MR) is 67.7 cm³/mol. The van der Waals surface area contributed by atoms with Crippen LogP contribution in [-0.2, 0) is 10.0 Å². The van der Waals surface area contributed by atoms with Crippen LogP contribution in [0, 0.1) is 0 Å². The first-order chi connectivity index (χ1) is 8.01. The standard InChI is InChI=1S/C11H15ClN2O2S/c1-9-8-13-5-6-14(9)17(15,16)11-4-2-3-10(12)7-11/h2-4,7,9,13H,5-6,8H2,1H3/t9-/m1/s1. The molecular weight excluding hydrogens is 260 g/mol. The highest BCUT2D eigenvalue weighted by molar-refractivity contribution is 7.89. The summed E-state index contributed by atoms with van der Waals surface area (Å²) in [4.78, 5) is 0.263. The van der Waals surface area contributed by atoms with Crippen molar-refractivity contribution in [2.75, 3.05) is 19.6 Å². The van der Waals surface area contributed by atoms with Gasteiger partial charge in [-0.15, -0.1) is 0 Å². The van der Waals surface area contributed by atoms with Gasteiger partial charge in [0.2, 0.25) is 10.0 Å². The summed E-state index contributed by atoms with van der Waals surface area (Å²) in [5.74, 6) is 0. The zero-order valence-electron chi connectivity index (χ0n) is 9.56.